The first kappa shape index (κ1) is 15.3. The van der Waals surface area contributed by atoms with Crippen LogP contribution in [0.4, 0.5) is 0 Å². The van der Waals surface area contributed by atoms with Crippen LogP contribution in [-0.4, -0.2) is 22.2 Å². The van der Waals surface area contributed by atoms with Gasteiger partial charge in [-0.2, -0.15) is 4.98 Å². The van der Waals surface area contributed by atoms with E-state index in [1.165, 1.54) is 0 Å². The Labute approximate surface area is 145 Å². The Hall–Kier alpha value is -3.21. The summed E-state index contributed by atoms with van der Waals surface area (Å²) in [7, 11) is 1.65. The molecule has 0 N–H and O–H groups in total. The normalized spacial score (nSPS) is 11.0. The maximum absolute atomic E-state index is 5.46. The summed E-state index contributed by atoms with van der Waals surface area (Å²) in [5.74, 6) is 2.00. The van der Waals surface area contributed by atoms with Gasteiger partial charge in [-0.15, -0.1) is 0 Å². The molecule has 5 nitrogen and oxygen atoms in total. The highest BCUT2D eigenvalue weighted by Crippen LogP contribution is 2.27. The molecule has 0 aliphatic carbocycles. The van der Waals surface area contributed by atoms with E-state index in [-0.39, 0.29) is 0 Å². The first-order valence-electron chi connectivity index (χ1n) is 8.05. The number of rotatable bonds is 4. The number of hydrogen-bond acceptors (Lipinski definition) is 5. The predicted octanol–water partition coefficient (Wildman–Crippen LogP) is 4.19. The van der Waals surface area contributed by atoms with Gasteiger partial charge in [0.1, 0.15) is 5.75 Å². The lowest BCUT2D eigenvalue weighted by Crippen LogP contribution is -1.91. The Morgan fingerprint density at radius 3 is 2.60 bits per heavy atom. The number of aryl methyl sites for hydroxylation is 1. The topological polar surface area (TPSA) is 61.0 Å². The second-order valence-corrected chi connectivity index (χ2v) is 5.86. The number of methoxy groups -OCH3 is 1. The Kier molecular flexibility index (Phi) is 3.90. The van der Waals surface area contributed by atoms with Crippen molar-refractivity contribution < 1.29 is 9.26 Å². The van der Waals surface area contributed by atoms with Crippen LogP contribution in [0.3, 0.4) is 0 Å². The summed E-state index contributed by atoms with van der Waals surface area (Å²) in [6.45, 7) is 1.97. The van der Waals surface area contributed by atoms with Gasteiger partial charge in [0.05, 0.1) is 19.0 Å². The highest BCUT2D eigenvalue weighted by Gasteiger charge is 2.13. The fourth-order valence-corrected chi connectivity index (χ4v) is 2.85. The zero-order valence-corrected chi connectivity index (χ0v) is 14.1. The highest BCUT2D eigenvalue weighted by molar-refractivity contribution is 5.92. The summed E-state index contributed by atoms with van der Waals surface area (Å²) in [5, 5.41) is 5.19. The van der Waals surface area contributed by atoms with Gasteiger partial charge in [-0.1, -0.05) is 35.5 Å². The van der Waals surface area contributed by atoms with Crippen molar-refractivity contribution in [3.05, 3.63) is 71.7 Å². The molecule has 0 unspecified atom stereocenters. The molecule has 0 fully saturated rings. The second kappa shape index (κ2) is 6.36. The van der Waals surface area contributed by atoms with E-state index in [0.29, 0.717) is 18.1 Å². The molecule has 5 heteroatoms. The molecule has 2 aromatic carbocycles. The molecule has 2 aromatic heterocycles. The first-order chi connectivity index (χ1) is 12.2. The third kappa shape index (κ3) is 3.08. The lowest BCUT2D eigenvalue weighted by molar-refractivity contribution is 0.385. The van der Waals surface area contributed by atoms with Gasteiger partial charge in [0.2, 0.25) is 11.7 Å². The molecular formula is C20H17N3O2. The highest BCUT2D eigenvalue weighted by atomic mass is 16.5. The second-order valence-electron chi connectivity index (χ2n) is 5.86. The standard InChI is InChI=1S/C20H17N3O2/c1-13-11-17(16-5-3-4-6-18(16)21-13)20-22-19(25-23-20)12-14-7-9-15(24-2)10-8-14/h3-11H,12H2,1-2H3. The molecule has 4 rings (SSSR count). The number of ether oxygens (including phenoxy) is 1. The van der Waals surface area contributed by atoms with Crippen LogP contribution in [-0.2, 0) is 6.42 Å². The van der Waals surface area contributed by atoms with Crippen LogP contribution in [0, 0.1) is 6.92 Å². The number of benzene rings is 2. The van der Waals surface area contributed by atoms with E-state index in [4.69, 9.17) is 9.26 Å². The van der Waals surface area contributed by atoms with Crippen molar-refractivity contribution in [1.82, 2.24) is 15.1 Å². The maximum Gasteiger partial charge on any atom is 0.231 e. The summed E-state index contributed by atoms with van der Waals surface area (Å²) in [4.78, 5) is 9.13. The molecule has 0 atom stereocenters. The van der Waals surface area contributed by atoms with Crippen LogP contribution in [0.5, 0.6) is 5.75 Å². The van der Waals surface area contributed by atoms with Gasteiger partial charge in [0.25, 0.3) is 0 Å². The molecule has 25 heavy (non-hydrogen) atoms. The Bertz CT molecular complexity index is 1020. The number of hydrogen-bond donors (Lipinski definition) is 0. The summed E-state index contributed by atoms with van der Waals surface area (Å²) in [5.41, 5.74) is 3.88. The van der Waals surface area contributed by atoms with Crippen molar-refractivity contribution in [3.8, 4) is 17.1 Å². The zero-order chi connectivity index (χ0) is 17.2. The third-order valence-corrected chi connectivity index (χ3v) is 4.07. The fraction of sp³-hybridized carbons (Fsp3) is 0.150. The monoisotopic (exact) mass is 331 g/mol. The summed E-state index contributed by atoms with van der Waals surface area (Å²) in [6.07, 6.45) is 0.582. The van der Waals surface area contributed by atoms with E-state index >= 15 is 0 Å². The van der Waals surface area contributed by atoms with E-state index in [2.05, 4.69) is 15.1 Å². The molecule has 0 bridgehead atoms. The van der Waals surface area contributed by atoms with Crippen molar-refractivity contribution in [1.29, 1.82) is 0 Å². The molecule has 0 spiro atoms. The molecule has 4 aromatic rings. The van der Waals surface area contributed by atoms with Crippen molar-refractivity contribution in [2.24, 2.45) is 0 Å². The number of nitrogens with zero attached hydrogens (tertiary/aromatic N) is 3. The smallest absolute Gasteiger partial charge is 0.231 e. The molecule has 0 saturated heterocycles. The number of fused-ring (bicyclic) bond motifs is 1. The third-order valence-electron chi connectivity index (χ3n) is 4.07. The molecule has 124 valence electrons. The summed E-state index contributed by atoms with van der Waals surface area (Å²) < 4.78 is 10.6. The van der Waals surface area contributed by atoms with Crippen molar-refractivity contribution >= 4 is 10.9 Å². The predicted molar refractivity (Wildman–Crippen MR) is 95.6 cm³/mol. The first-order valence-corrected chi connectivity index (χ1v) is 8.05. The van der Waals surface area contributed by atoms with Crippen molar-refractivity contribution in [2.75, 3.05) is 7.11 Å². The lowest BCUT2D eigenvalue weighted by atomic mass is 10.1. The van der Waals surface area contributed by atoms with Crippen LogP contribution < -0.4 is 4.74 Å². The van der Waals surface area contributed by atoms with E-state index < -0.39 is 0 Å². The SMILES string of the molecule is COc1ccc(Cc2nc(-c3cc(C)nc4ccccc34)no2)cc1. The van der Waals surface area contributed by atoms with Gasteiger partial charge < -0.3 is 9.26 Å². The zero-order valence-electron chi connectivity index (χ0n) is 14.1. The number of para-hydroxylation sites is 1. The quantitative estimate of drug-likeness (QED) is 0.561. The Morgan fingerprint density at radius 2 is 1.80 bits per heavy atom. The molecule has 0 radical (unpaired) electrons. The molecule has 0 amide bonds. The van der Waals surface area contributed by atoms with Crippen LogP contribution in [0.2, 0.25) is 0 Å². The average molecular weight is 331 g/mol. The van der Waals surface area contributed by atoms with Crippen LogP contribution >= 0.6 is 0 Å². The lowest BCUT2D eigenvalue weighted by Gasteiger charge is -2.03. The van der Waals surface area contributed by atoms with Gasteiger partial charge in [-0.05, 0) is 36.8 Å². The van der Waals surface area contributed by atoms with Gasteiger partial charge in [0, 0.05) is 16.6 Å². The average Bonchev–Trinajstić information content (AvgIpc) is 3.10. The van der Waals surface area contributed by atoms with E-state index in [0.717, 1.165) is 33.5 Å². The van der Waals surface area contributed by atoms with Gasteiger partial charge in [-0.25, -0.2) is 0 Å². The van der Waals surface area contributed by atoms with Gasteiger partial charge >= 0.3 is 0 Å². The Morgan fingerprint density at radius 1 is 1.00 bits per heavy atom. The Balaban J connectivity index is 1.67. The molecule has 0 saturated carbocycles. The van der Waals surface area contributed by atoms with Crippen molar-refractivity contribution in [3.63, 3.8) is 0 Å². The van der Waals surface area contributed by atoms with E-state index in [1.807, 2.05) is 61.5 Å². The van der Waals surface area contributed by atoms with Gasteiger partial charge in [0.15, 0.2) is 0 Å². The largest absolute Gasteiger partial charge is 0.497 e. The minimum atomic E-state index is 0.582. The van der Waals surface area contributed by atoms with Crippen molar-refractivity contribution in [2.45, 2.75) is 13.3 Å². The summed E-state index contributed by atoms with van der Waals surface area (Å²) in [6, 6.07) is 17.8. The number of aromatic nitrogens is 3. The minimum Gasteiger partial charge on any atom is -0.497 e. The molecule has 0 aliphatic rings. The summed E-state index contributed by atoms with van der Waals surface area (Å²) >= 11 is 0. The minimum absolute atomic E-state index is 0.582. The molecular weight excluding hydrogens is 314 g/mol. The van der Waals surface area contributed by atoms with Crippen LogP contribution in [0.1, 0.15) is 17.1 Å². The van der Waals surface area contributed by atoms with E-state index in [9.17, 15) is 0 Å². The molecule has 0 aliphatic heterocycles. The van der Waals surface area contributed by atoms with Gasteiger partial charge in [-0.3, -0.25) is 4.98 Å². The van der Waals surface area contributed by atoms with Crippen LogP contribution in [0.25, 0.3) is 22.3 Å². The maximum atomic E-state index is 5.46. The van der Waals surface area contributed by atoms with E-state index in [1.54, 1.807) is 7.11 Å². The molecule has 2 heterocycles. The number of pyridine rings is 1. The van der Waals surface area contributed by atoms with Crippen LogP contribution in [0.15, 0.2) is 59.1 Å². The fourth-order valence-electron chi connectivity index (χ4n) is 2.85.